The number of benzene rings is 2. The first kappa shape index (κ1) is 28.2. The molecule has 0 aliphatic carbocycles. The van der Waals surface area contributed by atoms with Crippen LogP contribution in [-0.4, -0.2) is 4.98 Å². The molecule has 3 aromatic rings. The molecule has 0 atom stereocenters. The Hall–Kier alpha value is -2.41. The van der Waals surface area contributed by atoms with E-state index in [0.29, 0.717) is 0 Å². The number of aryl methyl sites for hydroxylation is 2. The predicted octanol–water partition coefficient (Wildman–Crippen LogP) is 11.0. The molecule has 1 nitrogen and oxygen atoms in total. The highest BCUT2D eigenvalue weighted by atomic mass is 14.7. The zero-order chi connectivity index (χ0) is 25.3. The standard InChI is InChI=1S/C35H49N/c1-3-5-7-9-11-12-14-16-18-31-21-25-33(26-22-31)35-28-27-34(29-36-35)32-23-19-30(20-24-32)17-15-13-10-8-6-4-2/h19-29H,3-18H2,1-2H3. The van der Waals surface area contributed by atoms with Crippen LogP contribution in [0.5, 0.6) is 0 Å². The molecule has 3 rings (SSSR count). The van der Waals surface area contributed by atoms with Crippen molar-refractivity contribution in [1.29, 1.82) is 0 Å². The summed E-state index contributed by atoms with van der Waals surface area (Å²) in [6, 6.07) is 22.5. The van der Waals surface area contributed by atoms with E-state index in [1.54, 1.807) is 0 Å². The fourth-order valence-electron chi connectivity index (χ4n) is 5.01. The average molecular weight is 484 g/mol. The lowest BCUT2D eigenvalue weighted by molar-refractivity contribution is 0.575. The first-order chi connectivity index (χ1) is 17.8. The number of hydrogen-bond acceptors (Lipinski definition) is 1. The fourth-order valence-corrected chi connectivity index (χ4v) is 5.01. The molecule has 2 aromatic carbocycles. The monoisotopic (exact) mass is 483 g/mol. The summed E-state index contributed by atoms with van der Waals surface area (Å²) < 4.78 is 0. The maximum absolute atomic E-state index is 4.78. The lowest BCUT2D eigenvalue weighted by atomic mass is 10.0. The molecule has 0 bridgehead atoms. The summed E-state index contributed by atoms with van der Waals surface area (Å²) in [6.07, 6.45) is 23.6. The van der Waals surface area contributed by atoms with Crippen LogP contribution in [-0.2, 0) is 12.8 Å². The Bertz CT molecular complexity index is 937. The van der Waals surface area contributed by atoms with Gasteiger partial charge in [-0.2, -0.15) is 0 Å². The second-order valence-electron chi connectivity index (χ2n) is 10.6. The molecule has 0 fully saturated rings. The SMILES string of the molecule is CCCCCCCCCCc1ccc(-c2ccc(-c3ccc(CCCCCCCC)cc3)cn2)cc1. The molecule has 1 heteroatoms. The van der Waals surface area contributed by atoms with E-state index in [1.807, 2.05) is 6.20 Å². The predicted molar refractivity (Wildman–Crippen MR) is 159 cm³/mol. The maximum Gasteiger partial charge on any atom is 0.0702 e. The van der Waals surface area contributed by atoms with Crippen molar-refractivity contribution in [1.82, 2.24) is 4.98 Å². The third-order valence-electron chi connectivity index (χ3n) is 7.44. The quantitative estimate of drug-likeness (QED) is 0.164. The van der Waals surface area contributed by atoms with Crippen molar-refractivity contribution in [2.75, 3.05) is 0 Å². The van der Waals surface area contributed by atoms with Crippen LogP contribution >= 0.6 is 0 Å². The van der Waals surface area contributed by atoms with Crippen LogP contribution in [0.1, 0.15) is 115 Å². The minimum absolute atomic E-state index is 1.05. The van der Waals surface area contributed by atoms with Crippen LogP contribution < -0.4 is 0 Å². The van der Waals surface area contributed by atoms with Gasteiger partial charge in [0.05, 0.1) is 5.69 Å². The van der Waals surface area contributed by atoms with Gasteiger partial charge in [0.2, 0.25) is 0 Å². The van der Waals surface area contributed by atoms with E-state index in [1.165, 1.54) is 131 Å². The highest BCUT2D eigenvalue weighted by Crippen LogP contribution is 2.24. The highest BCUT2D eigenvalue weighted by molar-refractivity contribution is 5.67. The smallest absolute Gasteiger partial charge is 0.0702 e. The number of pyridine rings is 1. The molecular weight excluding hydrogens is 434 g/mol. The molecule has 0 saturated heterocycles. The van der Waals surface area contributed by atoms with Gasteiger partial charge in [-0.3, -0.25) is 4.98 Å². The van der Waals surface area contributed by atoms with E-state index in [0.717, 1.165) is 5.69 Å². The lowest BCUT2D eigenvalue weighted by Crippen LogP contribution is -1.89. The molecule has 0 radical (unpaired) electrons. The highest BCUT2D eigenvalue weighted by Gasteiger charge is 2.04. The van der Waals surface area contributed by atoms with Crippen molar-refractivity contribution in [3.8, 4) is 22.4 Å². The van der Waals surface area contributed by atoms with Crippen molar-refractivity contribution in [2.45, 2.75) is 117 Å². The summed E-state index contributed by atoms with van der Waals surface area (Å²) in [5, 5.41) is 0. The van der Waals surface area contributed by atoms with Gasteiger partial charge in [-0.15, -0.1) is 0 Å². The van der Waals surface area contributed by atoms with Gasteiger partial charge in [0.15, 0.2) is 0 Å². The molecule has 1 aromatic heterocycles. The van der Waals surface area contributed by atoms with E-state index < -0.39 is 0 Å². The number of hydrogen-bond donors (Lipinski definition) is 0. The van der Waals surface area contributed by atoms with E-state index in [9.17, 15) is 0 Å². The summed E-state index contributed by atoms with van der Waals surface area (Å²) in [7, 11) is 0. The van der Waals surface area contributed by atoms with E-state index in [-0.39, 0.29) is 0 Å². The van der Waals surface area contributed by atoms with E-state index in [4.69, 9.17) is 4.98 Å². The molecule has 0 aliphatic heterocycles. The fraction of sp³-hybridized carbons (Fsp3) is 0.514. The van der Waals surface area contributed by atoms with Gasteiger partial charge in [0.25, 0.3) is 0 Å². The Balaban J connectivity index is 1.41. The lowest BCUT2D eigenvalue weighted by Gasteiger charge is -2.07. The van der Waals surface area contributed by atoms with Gasteiger partial charge in [-0.05, 0) is 48.4 Å². The van der Waals surface area contributed by atoms with Gasteiger partial charge < -0.3 is 0 Å². The van der Waals surface area contributed by atoms with Crippen molar-refractivity contribution in [3.05, 3.63) is 78.0 Å². The minimum Gasteiger partial charge on any atom is -0.256 e. The summed E-state index contributed by atoms with van der Waals surface area (Å²) in [4.78, 5) is 4.78. The van der Waals surface area contributed by atoms with Crippen molar-refractivity contribution < 1.29 is 0 Å². The third-order valence-corrected chi connectivity index (χ3v) is 7.44. The Morgan fingerprint density at radius 3 is 1.28 bits per heavy atom. The summed E-state index contributed by atoms with van der Waals surface area (Å²) in [6.45, 7) is 4.56. The molecule has 0 spiro atoms. The van der Waals surface area contributed by atoms with Crippen molar-refractivity contribution >= 4 is 0 Å². The third kappa shape index (κ3) is 10.3. The molecule has 36 heavy (non-hydrogen) atoms. The zero-order valence-electron chi connectivity index (χ0n) is 23.1. The molecule has 0 unspecified atom stereocenters. The first-order valence-electron chi connectivity index (χ1n) is 14.9. The number of nitrogens with zero attached hydrogens (tertiary/aromatic N) is 1. The molecule has 0 N–H and O–H groups in total. The largest absolute Gasteiger partial charge is 0.256 e. The second-order valence-corrected chi connectivity index (χ2v) is 10.6. The van der Waals surface area contributed by atoms with Crippen LogP contribution in [0, 0.1) is 0 Å². The average Bonchev–Trinajstić information content (AvgIpc) is 2.93. The molecular formula is C35H49N. The second kappa shape index (κ2) is 17.1. The summed E-state index contributed by atoms with van der Waals surface area (Å²) >= 11 is 0. The van der Waals surface area contributed by atoms with Crippen molar-refractivity contribution in [3.63, 3.8) is 0 Å². The van der Waals surface area contributed by atoms with Crippen LogP contribution in [0.15, 0.2) is 66.9 Å². The van der Waals surface area contributed by atoms with Gasteiger partial charge in [-0.1, -0.05) is 145 Å². The summed E-state index contributed by atoms with van der Waals surface area (Å²) in [5.41, 5.74) is 7.60. The number of rotatable bonds is 18. The van der Waals surface area contributed by atoms with Crippen LogP contribution in [0.3, 0.4) is 0 Å². The van der Waals surface area contributed by atoms with Gasteiger partial charge in [-0.25, -0.2) is 0 Å². The number of aromatic nitrogens is 1. The molecule has 0 saturated carbocycles. The molecule has 1 heterocycles. The summed E-state index contributed by atoms with van der Waals surface area (Å²) in [5.74, 6) is 0. The van der Waals surface area contributed by atoms with Crippen LogP contribution in [0.25, 0.3) is 22.4 Å². The minimum atomic E-state index is 1.05. The molecule has 0 amide bonds. The Morgan fingerprint density at radius 2 is 0.833 bits per heavy atom. The van der Waals surface area contributed by atoms with Crippen LogP contribution in [0.2, 0.25) is 0 Å². The van der Waals surface area contributed by atoms with E-state index >= 15 is 0 Å². The Morgan fingerprint density at radius 1 is 0.417 bits per heavy atom. The Kier molecular flexibility index (Phi) is 13.4. The molecule has 194 valence electrons. The first-order valence-corrected chi connectivity index (χ1v) is 14.9. The van der Waals surface area contributed by atoms with Crippen molar-refractivity contribution in [2.24, 2.45) is 0 Å². The van der Waals surface area contributed by atoms with Gasteiger partial charge >= 0.3 is 0 Å². The Labute approximate surface area is 221 Å². The number of unbranched alkanes of at least 4 members (excludes halogenated alkanes) is 12. The molecule has 0 aliphatic rings. The van der Waals surface area contributed by atoms with Gasteiger partial charge in [0.1, 0.15) is 0 Å². The van der Waals surface area contributed by atoms with Crippen LogP contribution in [0.4, 0.5) is 0 Å². The van der Waals surface area contributed by atoms with E-state index in [2.05, 4.69) is 74.5 Å². The van der Waals surface area contributed by atoms with Gasteiger partial charge in [0, 0.05) is 17.3 Å². The normalized spacial score (nSPS) is 11.2. The zero-order valence-corrected chi connectivity index (χ0v) is 23.1. The topological polar surface area (TPSA) is 12.9 Å². The maximum atomic E-state index is 4.78.